The van der Waals surface area contributed by atoms with Gasteiger partial charge >= 0.3 is 5.97 Å². The van der Waals surface area contributed by atoms with E-state index < -0.39 is 5.97 Å². The summed E-state index contributed by atoms with van der Waals surface area (Å²) in [4.78, 5) is 23.1. The molecule has 5 heteroatoms. The highest BCUT2D eigenvalue weighted by Crippen LogP contribution is 2.33. The number of anilines is 1. The van der Waals surface area contributed by atoms with Gasteiger partial charge in [0.05, 0.1) is 17.8 Å². The van der Waals surface area contributed by atoms with Crippen molar-refractivity contribution < 1.29 is 14.3 Å². The number of nitrogens with one attached hydrogen (secondary N) is 1. The van der Waals surface area contributed by atoms with Crippen molar-refractivity contribution in [2.75, 3.05) is 11.9 Å². The molecule has 98 valence electrons. The lowest BCUT2D eigenvalue weighted by Crippen LogP contribution is -2.16. The molecule has 0 fully saturated rings. The van der Waals surface area contributed by atoms with Crippen LogP contribution in [0, 0.1) is 3.57 Å². The first-order valence-electron chi connectivity index (χ1n) is 5.86. The van der Waals surface area contributed by atoms with Crippen LogP contribution in [0.3, 0.4) is 0 Å². The van der Waals surface area contributed by atoms with Gasteiger partial charge < -0.3 is 10.1 Å². The second-order valence-corrected chi connectivity index (χ2v) is 5.25. The van der Waals surface area contributed by atoms with Crippen LogP contribution in [0.2, 0.25) is 0 Å². The van der Waals surface area contributed by atoms with E-state index in [1.807, 2.05) is 31.1 Å². The van der Waals surface area contributed by atoms with Gasteiger partial charge in [-0.2, -0.15) is 0 Å². The summed E-state index contributed by atoms with van der Waals surface area (Å²) < 4.78 is 6.04. The van der Waals surface area contributed by atoms with Gasteiger partial charge in [-0.15, -0.1) is 0 Å². The predicted octanol–water partition coefficient (Wildman–Crippen LogP) is 2.77. The quantitative estimate of drug-likeness (QED) is 0.506. The molecule has 2 rings (SSSR count). The summed E-state index contributed by atoms with van der Waals surface area (Å²) in [5.41, 5.74) is 1.92. The standard InChI is InChI=1S/C14H12INO3/c1-2-5-19-14(18)11-7-16-13-4-3-9(15)6-10(13)12(11)8-17/h3-4,6-7,16H,2,5H2,1H3. The molecule has 0 saturated heterocycles. The van der Waals surface area contributed by atoms with Crippen molar-refractivity contribution in [3.8, 4) is 0 Å². The van der Waals surface area contributed by atoms with Crippen LogP contribution in [0.25, 0.3) is 5.57 Å². The van der Waals surface area contributed by atoms with Crippen LogP contribution in [-0.2, 0) is 14.3 Å². The predicted molar refractivity (Wildman–Crippen MR) is 81.2 cm³/mol. The molecule has 1 aromatic rings. The van der Waals surface area contributed by atoms with Gasteiger partial charge in [0.25, 0.3) is 0 Å². The van der Waals surface area contributed by atoms with Gasteiger partial charge in [0.15, 0.2) is 0 Å². The van der Waals surface area contributed by atoms with Crippen molar-refractivity contribution in [1.29, 1.82) is 0 Å². The average molecular weight is 369 g/mol. The minimum Gasteiger partial charge on any atom is -0.462 e. The van der Waals surface area contributed by atoms with Gasteiger partial charge in [0.2, 0.25) is 0 Å². The summed E-state index contributed by atoms with van der Waals surface area (Å²) in [6.45, 7) is 2.25. The van der Waals surface area contributed by atoms with Crippen LogP contribution in [0.4, 0.5) is 5.69 Å². The van der Waals surface area contributed by atoms with Crippen molar-refractivity contribution in [3.63, 3.8) is 0 Å². The molecule has 0 saturated carbocycles. The number of halogens is 1. The molecule has 0 spiro atoms. The minimum atomic E-state index is -0.503. The van der Waals surface area contributed by atoms with Crippen molar-refractivity contribution in [3.05, 3.63) is 39.1 Å². The smallest absolute Gasteiger partial charge is 0.341 e. The molecular formula is C14H12INO3. The lowest BCUT2D eigenvalue weighted by atomic mass is 9.96. The summed E-state index contributed by atoms with van der Waals surface area (Å²) in [6, 6.07) is 5.62. The zero-order valence-corrected chi connectivity index (χ0v) is 12.5. The van der Waals surface area contributed by atoms with Crippen LogP contribution in [-0.4, -0.2) is 18.5 Å². The summed E-state index contributed by atoms with van der Waals surface area (Å²) in [6.07, 6.45) is 2.23. The van der Waals surface area contributed by atoms with Gasteiger partial charge in [0, 0.05) is 21.0 Å². The van der Waals surface area contributed by atoms with E-state index in [-0.39, 0.29) is 11.1 Å². The second kappa shape index (κ2) is 6.04. The summed E-state index contributed by atoms with van der Waals surface area (Å²) >= 11 is 2.15. The number of esters is 1. The first-order chi connectivity index (χ1) is 9.17. The van der Waals surface area contributed by atoms with E-state index in [9.17, 15) is 9.59 Å². The molecule has 1 heterocycles. The normalized spacial score (nSPS) is 12.9. The highest BCUT2D eigenvalue weighted by Gasteiger charge is 2.24. The Morgan fingerprint density at radius 2 is 2.26 bits per heavy atom. The van der Waals surface area contributed by atoms with Gasteiger partial charge in [-0.05, 0) is 47.2 Å². The van der Waals surface area contributed by atoms with E-state index in [0.717, 1.165) is 15.7 Å². The van der Waals surface area contributed by atoms with Crippen molar-refractivity contribution in [1.82, 2.24) is 0 Å². The maximum atomic E-state index is 11.9. The number of rotatable bonds is 3. The molecule has 19 heavy (non-hydrogen) atoms. The molecule has 1 aliphatic rings. The highest BCUT2D eigenvalue weighted by atomic mass is 127. The molecule has 0 atom stereocenters. The van der Waals surface area contributed by atoms with Crippen LogP contribution < -0.4 is 5.32 Å². The Balaban J connectivity index is 2.37. The fourth-order valence-electron chi connectivity index (χ4n) is 1.76. The van der Waals surface area contributed by atoms with E-state index >= 15 is 0 Å². The number of carbonyl (C=O) groups is 1. The average Bonchev–Trinajstić information content (AvgIpc) is 2.43. The van der Waals surface area contributed by atoms with Crippen molar-refractivity contribution in [2.24, 2.45) is 0 Å². The Labute approximate surface area is 124 Å². The van der Waals surface area contributed by atoms with E-state index in [1.54, 1.807) is 0 Å². The van der Waals surface area contributed by atoms with Gasteiger partial charge in [-0.1, -0.05) is 6.92 Å². The summed E-state index contributed by atoms with van der Waals surface area (Å²) in [5, 5.41) is 3.00. The Kier molecular flexibility index (Phi) is 4.39. The number of benzene rings is 1. The van der Waals surface area contributed by atoms with Gasteiger partial charge in [-0.25, -0.2) is 9.59 Å². The zero-order valence-electron chi connectivity index (χ0n) is 10.3. The van der Waals surface area contributed by atoms with Crippen LogP contribution >= 0.6 is 22.6 Å². The molecule has 0 radical (unpaired) electrons. The lowest BCUT2D eigenvalue weighted by Gasteiger charge is -2.18. The third-order valence-electron chi connectivity index (χ3n) is 2.65. The summed E-state index contributed by atoms with van der Waals surface area (Å²) in [5.74, 6) is 1.35. The first kappa shape index (κ1) is 13.8. The Morgan fingerprint density at radius 3 is 2.95 bits per heavy atom. The van der Waals surface area contributed by atoms with E-state index in [0.29, 0.717) is 12.2 Å². The number of fused-ring (bicyclic) bond motifs is 1. The molecule has 1 aliphatic heterocycles. The minimum absolute atomic E-state index is 0.220. The number of ether oxygens (including phenoxy) is 1. The van der Waals surface area contributed by atoms with Crippen LogP contribution in [0.1, 0.15) is 18.9 Å². The second-order valence-electron chi connectivity index (χ2n) is 4.01. The van der Waals surface area contributed by atoms with Crippen LogP contribution in [0.5, 0.6) is 0 Å². The highest BCUT2D eigenvalue weighted by molar-refractivity contribution is 14.1. The SMILES string of the molecule is CCCOC(=O)C1=CNc2ccc(I)cc2C1=C=O. The molecule has 0 aromatic heterocycles. The third-order valence-corrected chi connectivity index (χ3v) is 3.32. The molecule has 4 nitrogen and oxygen atoms in total. The Morgan fingerprint density at radius 1 is 1.47 bits per heavy atom. The fourth-order valence-corrected chi connectivity index (χ4v) is 2.25. The molecule has 0 unspecified atom stereocenters. The fraction of sp³-hybridized carbons (Fsp3) is 0.214. The molecule has 0 aliphatic carbocycles. The zero-order chi connectivity index (χ0) is 13.8. The number of carbonyl (C=O) groups excluding carboxylic acids is 2. The van der Waals surface area contributed by atoms with Crippen molar-refractivity contribution in [2.45, 2.75) is 13.3 Å². The maximum absolute atomic E-state index is 11.9. The van der Waals surface area contributed by atoms with Gasteiger partial charge in [-0.3, -0.25) is 0 Å². The van der Waals surface area contributed by atoms with E-state index in [2.05, 4.69) is 27.9 Å². The summed E-state index contributed by atoms with van der Waals surface area (Å²) in [7, 11) is 0. The van der Waals surface area contributed by atoms with E-state index in [4.69, 9.17) is 4.74 Å². The molecule has 1 N–H and O–H groups in total. The number of hydrogen-bond donors (Lipinski definition) is 1. The van der Waals surface area contributed by atoms with E-state index in [1.165, 1.54) is 6.20 Å². The molecule has 0 bridgehead atoms. The molecule has 1 aromatic carbocycles. The molecular weight excluding hydrogens is 357 g/mol. The number of hydrogen-bond acceptors (Lipinski definition) is 4. The van der Waals surface area contributed by atoms with Crippen molar-refractivity contribution >= 4 is 45.8 Å². The largest absolute Gasteiger partial charge is 0.462 e. The lowest BCUT2D eigenvalue weighted by molar-refractivity contribution is -0.138. The Hall–Kier alpha value is -1.59. The Bertz CT molecular complexity index is 601. The third kappa shape index (κ3) is 2.88. The van der Waals surface area contributed by atoms with Crippen LogP contribution in [0.15, 0.2) is 30.0 Å². The van der Waals surface area contributed by atoms with Gasteiger partial charge in [0.1, 0.15) is 5.94 Å². The molecule has 0 amide bonds. The maximum Gasteiger partial charge on any atom is 0.341 e. The first-order valence-corrected chi connectivity index (χ1v) is 6.94. The topological polar surface area (TPSA) is 55.4 Å². The monoisotopic (exact) mass is 369 g/mol.